The van der Waals surface area contributed by atoms with Crippen LogP contribution in [0.15, 0.2) is 29.2 Å². The van der Waals surface area contributed by atoms with Gasteiger partial charge in [-0.2, -0.15) is 5.26 Å². The minimum Gasteiger partial charge on any atom is -0.334 e. The van der Waals surface area contributed by atoms with Crippen molar-refractivity contribution in [1.82, 2.24) is 19.9 Å². The van der Waals surface area contributed by atoms with Crippen LogP contribution in [-0.2, 0) is 0 Å². The van der Waals surface area contributed by atoms with Gasteiger partial charge in [-0.3, -0.25) is 9.59 Å². The predicted octanol–water partition coefficient (Wildman–Crippen LogP) is 0.500. The normalized spacial score (nSPS) is 15.6. The molecule has 1 aromatic carbocycles. The van der Waals surface area contributed by atoms with Crippen LogP contribution in [0.4, 0.5) is 5.95 Å². The number of anilines is 1. The highest BCUT2D eigenvalue weighted by atomic mass is 35.5. The summed E-state index contributed by atoms with van der Waals surface area (Å²) in [6.45, 7) is 5.23. The maximum Gasteiger partial charge on any atom is 0.258 e. The molecule has 0 saturated carbocycles. The second kappa shape index (κ2) is 8.41. The SMILES string of the molecule is Cc1ccc2nc([C@@H](C#N)C(=O)c3nc(N4CC[NH+](C)CC4)ncc3Cl)[nH]c(=O)c2c1. The summed E-state index contributed by atoms with van der Waals surface area (Å²) in [6.07, 6.45) is 1.37. The molecule has 2 aromatic heterocycles. The van der Waals surface area contributed by atoms with Crippen LogP contribution in [0.5, 0.6) is 0 Å². The molecule has 1 aliphatic rings. The number of nitrogens with one attached hydrogen (secondary N) is 2. The lowest BCUT2D eigenvalue weighted by molar-refractivity contribution is -0.880. The lowest BCUT2D eigenvalue weighted by Crippen LogP contribution is -3.12. The molecule has 1 aliphatic heterocycles. The average molecular weight is 439 g/mol. The smallest absolute Gasteiger partial charge is 0.258 e. The molecule has 10 heteroatoms. The molecule has 2 N–H and O–H groups in total. The number of piperazine rings is 1. The number of fused-ring (bicyclic) bond motifs is 1. The summed E-state index contributed by atoms with van der Waals surface area (Å²) in [5.74, 6) is -1.62. The van der Waals surface area contributed by atoms with E-state index >= 15 is 0 Å². The number of aryl methyl sites for hydroxylation is 1. The van der Waals surface area contributed by atoms with Crippen LogP contribution in [-0.4, -0.2) is 58.9 Å². The lowest BCUT2D eigenvalue weighted by atomic mass is 10.0. The first-order valence-corrected chi connectivity index (χ1v) is 10.3. The largest absolute Gasteiger partial charge is 0.334 e. The van der Waals surface area contributed by atoms with Crippen molar-refractivity contribution in [2.45, 2.75) is 12.8 Å². The van der Waals surface area contributed by atoms with Gasteiger partial charge in [0, 0.05) is 0 Å². The fraction of sp³-hybridized carbons (Fsp3) is 0.333. The molecule has 1 saturated heterocycles. The number of aromatic nitrogens is 4. The third-order valence-corrected chi connectivity index (χ3v) is 5.69. The van der Waals surface area contributed by atoms with E-state index in [4.69, 9.17) is 11.6 Å². The molecule has 0 bridgehead atoms. The summed E-state index contributed by atoms with van der Waals surface area (Å²) in [7, 11) is 2.12. The highest BCUT2D eigenvalue weighted by Gasteiger charge is 2.29. The van der Waals surface area contributed by atoms with Crippen LogP contribution < -0.4 is 15.4 Å². The third-order valence-electron chi connectivity index (χ3n) is 5.41. The second-order valence-electron chi connectivity index (χ2n) is 7.71. The minimum absolute atomic E-state index is 0.0340. The van der Waals surface area contributed by atoms with Gasteiger partial charge in [0.25, 0.3) is 5.56 Å². The van der Waals surface area contributed by atoms with Crippen LogP contribution in [0, 0.1) is 18.3 Å². The summed E-state index contributed by atoms with van der Waals surface area (Å²) >= 11 is 6.22. The van der Waals surface area contributed by atoms with Gasteiger partial charge in [-0.1, -0.05) is 23.2 Å². The number of Topliss-reactive ketones (excluding diaryl/α,β-unsaturated/α-hetero) is 1. The zero-order valence-electron chi connectivity index (χ0n) is 17.1. The monoisotopic (exact) mass is 438 g/mol. The number of hydrogen-bond donors (Lipinski definition) is 2. The number of ketones is 1. The Morgan fingerprint density at radius 1 is 1.32 bits per heavy atom. The first kappa shape index (κ1) is 20.9. The molecule has 0 unspecified atom stereocenters. The van der Waals surface area contributed by atoms with E-state index < -0.39 is 17.3 Å². The number of benzene rings is 1. The summed E-state index contributed by atoms with van der Waals surface area (Å²) in [5, 5.41) is 10.2. The number of hydrogen-bond acceptors (Lipinski definition) is 7. The first-order chi connectivity index (χ1) is 14.9. The van der Waals surface area contributed by atoms with E-state index in [1.807, 2.05) is 24.0 Å². The summed E-state index contributed by atoms with van der Waals surface area (Å²) in [5.41, 5.74) is 0.848. The zero-order chi connectivity index (χ0) is 22.1. The number of carbonyl (C=O) groups excluding carboxylic acids is 1. The Morgan fingerprint density at radius 3 is 2.77 bits per heavy atom. The van der Waals surface area contributed by atoms with E-state index in [9.17, 15) is 14.9 Å². The molecule has 3 heterocycles. The Kier molecular flexibility index (Phi) is 5.67. The molecule has 0 aliphatic carbocycles. The fourth-order valence-electron chi connectivity index (χ4n) is 3.56. The van der Waals surface area contributed by atoms with Gasteiger partial charge in [-0.05, 0) is 19.1 Å². The molecular weight excluding hydrogens is 418 g/mol. The number of aromatic amines is 1. The van der Waals surface area contributed by atoms with Gasteiger partial charge in [0.05, 0.1) is 61.4 Å². The Morgan fingerprint density at radius 2 is 2.06 bits per heavy atom. The van der Waals surface area contributed by atoms with Gasteiger partial charge in [-0.25, -0.2) is 15.0 Å². The Bertz CT molecular complexity index is 1260. The third kappa shape index (κ3) is 4.13. The average Bonchev–Trinajstić information content (AvgIpc) is 2.76. The van der Waals surface area contributed by atoms with Gasteiger partial charge in [-0.15, -0.1) is 0 Å². The molecular formula is C21H21ClN7O2+. The van der Waals surface area contributed by atoms with Gasteiger partial charge >= 0.3 is 0 Å². The van der Waals surface area contributed by atoms with E-state index in [0.717, 1.165) is 31.7 Å². The highest BCUT2D eigenvalue weighted by molar-refractivity contribution is 6.33. The van der Waals surface area contributed by atoms with E-state index in [0.29, 0.717) is 16.9 Å². The van der Waals surface area contributed by atoms with Crippen LogP contribution in [0.3, 0.4) is 0 Å². The molecule has 158 valence electrons. The number of nitriles is 1. The van der Waals surface area contributed by atoms with Crippen molar-refractivity contribution < 1.29 is 9.69 Å². The Labute approximate surface area is 183 Å². The number of likely N-dealkylation sites (N-methyl/N-ethyl adjacent to an activating group) is 1. The minimum atomic E-state index is -1.35. The molecule has 0 amide bonds. The molecule has 1 atom stereocenters. The van der Waals surface area contributed by atoms with E-state index in [1.165, 1.54) is 11.1 Å². The van der Waals surface area contributed by atoms with Crippen LogP contribution >= 0.6 is 11.6 Å². The van der Waals surface area contributed by atoms with Gasteiger partial charge < -0.3 is 14.8 Å². The zero-order valence-corrected chi connectivity index (χ0v) is 17.9. The van der Waals surface area contributed by atoms with Gasteiger partial charge in [0.15, 0.2) is 5.92 Å². The topological polar surface area (TPSA) is 120 Å². The maximum absolute atomic E-state index is 13.2. The molecule has 3 aromatic rings. The molecule has 31 heavy (non-hydrogen) atoms. The number of quaternary nitrogens is 1. The summed E-state index contributed by atoms with van der Waals surface area (Å²) in [6, 6.07) is 7.14. The lowest BCUT2D eigenvalue weighted by Gasteiger charge is -2.30. The number of nitrogens with zero attached hydrogens (tertiary/aromatic N) is 5. The van der Waals surface area contributed by atoms with E-state index in [-0.39, 0.29) is 16.5 Å². The van der Waals surface area contributed by atoms with Crippen LogP contribution in [0.2, 0.25) is 5.02 Å². The standard InChI is InChI=1S/C21H20ClN7O2/c1-12-3-4-16-13(9-12)20(31)27-19(25-16)14(10-23)18(30)17-15(22)11-24-21(26-17)29-7-5-28(2)6-8-29/h3-4,9,11,14H,5-8H2,1-2H3,(H,25,27,31)/p+1/t14-/m0/s1. The molecule has 9 nitrogen and oxygen atoms in total. The Hall–Kier alpha value is -3.35. The van der Waals surface area contributed by atoms with Crippen molar-refractivity contribution in [3.05, 3.63) is 56.9 Å². The molecule has 4 rings (SSSR count). The quantitative estimate of drug-likeness (QED) is 0.569. The number of halogens is 1. The van der Waals surface area contributed by atoms with Crippen LogP contribution in [0.25, 0.3) is 10.9 Å². The first-order valence-electron chi connectivity index (χ1n) is 9.90. The Balaban J connectivity index is 1.70. The van der Waals surface area contributed by atoms with E-state index in [1.54, 1.807) is 12.1 Å². The highest BCUT2D eigenvalue weighted by Crippen LogP contribution is 2.24. The number of rotatable bonds is 4. The van der Waals surface area contributed by atoms with Crippen molar-refractivity contribution in [1.29, 1.82) is 5.26 Å². The number of carbonyl (C=O) groups is 1. The van der Waals surface area contributed by atoms with Gasteiger partial charge in [0.2, 0.25) is 11.7 Å². The molecule has 0 radical (unpaired) electrons. The second-order valence-corrected chi connectivity index (χ2v) is 8.12. The van der Waals surface area contributed by atoms with Crippen molar-refractivity contribution in [3.63, 3.8) is 0 Å². The van der Waals surface area contributed by atoms with Crippen LogP contribution in [0.1, 0.15) is 27.8 Å². The summed E-state index contributed by atoms with van der Waals surface area (Å²) in [4.78, 5) is 44.6. The summed E-state index contributed by atoms with van der Waals surface area (Å²) < 4.78 is 0. The van der Waals surface area contributed by atoms with Gasteiger partial charge in [0.1, 0.15) is 11.5 Å². The fourth-order valence-corrected chi connectivity index (χ4v) is 3.74. The van der Waals surface area contributed by atoms with Crippen molar-refractivity contribution >= 4 is 34.2 Å². The molecule has 0 spiro atoms. The number of H-pyrrole nitrogens is 1. The van der Waals surface area contributed by atoms with E-state index in [2.05, 4.69) is 27.0 Å². The van der Waals surface area contributed by atoms with Crippen molar-refractivity contribution in [2.75, 3.05) is 38.1 Å². The maximum atomic E-state index is 13.2. The molecule has 1 fully saturated rings. The van der Waals surface area contributed by atoms with Crippen molar-refractivity contribution in [3.8, 4) is 6.07 Å². The van der Waals surface area contributed by atoms with Crippen molar-refractivity contribution in [2.24, 2.45) is 0 Å². The predicted molar refractivity (Wildman–Crippen MR) is 116 cm³/mol.